The van der Waals surface area contributed by atoms with Gasteiger partial charge in [0.25, 0.3) is 0 Å². The van der Waals surface area contributed by atoms with Gasteiger partial charge in [-0.25, -0.2) is 9.36 Å². The number of benzene rings is 2. The van der Waals surface area contributed by atoms with Crippen molar-refractivity contribution in [1.29, 1.82) is 0 Å². The second-order valence-corrected chi connectivity index (χ2v) is 7.86. The zero-order chi connectivity index (χ0) is 25.3. The Morgan fingerprint density at radius 1 is 0.917 bits per heavy atom. The van der Waals surface area contributed by atoms with Gasteiger partial charge in [0, 0.05) is 30.1 Å². The van der Waals surface area contributed by atoms with Gasteiger partial charge >= 0.3 is 6.36 Å². The fraction of sp³-hybridized carbons (Fsp3) is 0.0769. The Bertz CT molecular complexity index is 1590. The quantitative estimate of drug-likeness (QED) is 0.333. The standard InChI is InChI=1S/C26H18F3N5O2/c1-17-15-18(21-7-2-3-12-30-21)8-9-22(17)33-14-11-24(35)25(32-33)23-10-13-31-34(23)19-5-4-6-20(16-19)36-26(27,28)29/h2-16H,1H3. The highest BCUT2D eigenvalue weighted by atomic mass is 19.4. The van der Waals surface area contributed by atoms with Gasteiger partial charge in [0.05, 0.1) is 29.0 Å². The zero-order valence-corrected chi connectivity index (χ0v) is 18.8. The van der Waals surface area contributed by atoms with Gasteiger partial charge in [0.2, 0.25) is 5.43 Å². The van der Waals surface area contributed by atoms with Crippen LogP contribution in [0.15, 0.2) is 96.2 Å². The predicted octanol–water partition coefficient (Wildman–Crippen LogP) is 5.35. The summed E-state index contributed by atoms with van der Waals surface area (Å²) >= 11 is 0. The Morgan fingerprint density at radius 3 is 2.53 bits per heavy atom. The first-order valence-electron chi connectivity index (χ1n) is 10.8. The summed E-state index contributed by atoms with van der Waals surface area (Å²) in [6, 6.07) is 19.8. The number of pyridine rings is 1. The van der Waals surface area contributed by atoms with Crippen LogP contribution in [0.25, 0.3) is 34.0 Å². The van der Waals surface area contributed by atoms with Gasteiger partial charge in [-0.05, 0) is 55.0 Å². The second kappa shape index (κ2) is 9.14. The van der Waals surface area contributed by atoms with E-state index >= 15 is 0 Å². The number of hydrogen-bond donors (Lipinski definition) is 0. The maximum absolute atomic E-state index is 12.8. The normalized spacial score (nSPS) is 11.4. The molecule has 3 aromatic heterocycles. The largest absolute Gasteiger partial charge is 0.573 e. The zero-order valence-electron chi connectivity index (χ0n) is 18.8. The number of rotatable bonds is 5. The van der Waals surface area contributed by atoms with Crippen molar-refractivity contribution in [1.82, 2.24) is 24.5 Å². The van der Waals surface area contributed by atoms with Crippen molar-refractivity contribution < 1.29 is 17.9 Å². The fourth-order valence-corrected chi connectivity index (χ4v) is 3.83. The lowest BCUT2D eigenvalue weighted by Gasteiger charge is -2.13. The Balaban J connectivity index is 1.53. The van der Waals surface area contributed by atoms with E-state index in [9.17, 15) is 18.0 Å². The lowest BCUT2D eigenvalue weighted by atomic mass is 10.1. The molecule has 0 fully saturated rings. The average molecular weight is 489 g/mol. The van der Waals surface area contributed by atoms with Crippen LogP contribution in [0.4, 0.5) is 13.2 Å². The summed E-state index contributed by atoms with van der Waals surface area (Å²) in [4.78, 5) is 17.1. The van der Waals surface area contributed by atoms with Crippen molar-refractivity contribution in [3.63, 3.8) is 0 Å². The molecule has 7 nitrogen and oxygen atoms in total. The van der Waals surface area contributed by atoms with Crippen LogP contribution in [0.1, 0.15) is 5.56 Å². The van der Waals surface area contributed by atoms with Gasteiger partial charge in [-0.2, -0.15) is 10.2 Å². The Kier molecular flexibility index (Phi) is 5.85. The number of alkyl halides is 3. The van der Waals surface area contributed by atoms with Gasteiger partial charge in [0.1, 0.15) is 5.75 Å². The summed E-state index contributed by atoms with van der Waals surface area (Å²) in [6.07, 6.45) is -0.0996. The Labute approximate surface area is 203 Å². The molecule has 5 rings (SSSR count). The molecule has 10 heteroatoms. The number of aryl methyl sites for hydroxylation is 1. The Morgan fingerprint density at radius 2 is 1.78 bits per heavy atom. The first-order valence-corrected chi connectivity index (χ1v) is 10.8. The lowest BCUT2D eigenvalue weighted by Crippen LogP contribution is -2.17. The minimum absolute atomic E-state index is 0.0883. The third-order valence-electron chi connectivity index (χ3n) is 5.39. The molecule has 36 heavy (non-hydrogen) atoms. The number of hydrogen-bond acceptors (Lipinski definition) is 5. The van der Waals surface area contributed by atoms with Crippen molar-refractivity contribution >= 4 is 0 Å². The number of nitrogens with zero attached hydrogens (tertiary/aromatic N) is 5. The van der Waals surface area contributed by atoms with Crippen LogP contribution in [0, 0.1) is 6.92 Å². The Hall–Kier alpha value is -4.73. The highest BCUT2D eigenvalue weighted by molar-refractivity contribution is 5.63. The topological polar surface area (TPSA) is 74.8 Å². The van der Waals surface area contributed by atoms with Gasteiger partial charge < -0.3 is 4.74 Å². The van der Waals surface area contributed by atoms with E-state index < -0.39 is 12.1 Å². The molecule has 0 unspecified atom stereocenters. The van der Waals surface area contributed by atoms with E-state index in [4.69, 9.17) is 0 Å². The fourth-order valence-electron chi connectivity index (χ4n) is 3.83. The van der Waals surface area contributed by atoms with Crippen LogP contribution >= 0.6 is 0 Å². The van der Waals surface area contributed by atoms with Crippen LogP contribution in [-0.2, 0) is 0 Å². The van der Waals surface area contributed by atoms with E-state index in [1.54, 1.807) is 29.2 Å². The van der Waals surface area contributed by atoms with Crippen molar-refractivity contribution in [3.8, 4) is 39.8 Å². The van der Waals surface area contributed by atoms with Crippen molar-refractivity contribution in [3.05, 3.63) is 107 Å². The van der Waals surface area contributed by atoms with E-state index in [0.717, 1.165) is 22.5 Å². The molecule has 0 aliphatic carbocycles. The summed E-state index contributed by atoms with van der Waals surface area (Å²) in [7, 11) is 0. The molecular formula is C26H18F3N5O2. The monoisotopic (exact) mass is 489 g/mol. The van der Waals surface area contributed by atoms with Crippen LogP contribution < -0.4 is 10.2 Å². The molecule has 0 aliphatic heterocycles. The van der Waals surface area contributed by atoms with Crippen molar-refractivity contribution in [2.45, 2.75) is 13.3 Å². The molecule has 0 atom stereocenters. The van der Waals surface area contributed by atoms with Crippen molar-refractivity contribution in [2.75, 3.05) is 0 Å². The first-order chi connectivity index (χ1) is 17.3. The molecule has 0 saturated carbocycles. The van der Waals surface area contributed by atoms with E-state index in [1.165, 1.54) is 35.1 Å². The minimum Gasteiger partial charge on any atom is -0.406 e. The number of ether oxygens (including phenoxy) is 1. The molecule has 0 aliphatic rings. The van der Waals surface area contributed by atoms with Gasteiger partial charge in [0.15, 0.2) is 5.69 Å². The van der Waals surface area contributed by atoms with Crippen LogP contribution in [-0.4, -0.2) is 30.9 Å². The molecule has 3 heterocycles. The highest BCUT2D eigenvalue weighted by Crippen LogP contribution is 2.27. The van der Waals surface area contributed by atoms with Gasteiger partial charge in [-0.1, -0.05) is 18.2 Å². The summed E-state index contributed by atoms with van der Waals surface area (Å²) in [6.45, 7) is 1.93. The van der Waals surface area contributed by atoms with E-state index in [2.05, 4.69) is 19.9 Å². The summed E-state index contributed by atoms with van der Waals surface area (Å²) in [5.74, 6) is -0.400. The molecule has 0 bridgehead atoms. The molecule has 0 amide bonds. The molecule has 0 saturated heterocycles. The lowest BCUT2D eigenvalue weighted by molar-refractivity contribution is -0.274. The third kappa shape index (κ3) is 4.74. The van der Waals surface area contributed by atoms with Crippen LogP contribution in [0.5, 0.6) is 5.75 Å². The van der Waals surface area contributed by atoms with E-state index in [-0.39, 0.29) is 16.8 Å². The molecule has 5 aromatic rings. The maximum Gasteiger partial charge on any atom is 0.573 e. The predicted molar refractivity (Wildman–Crippen MR) is 127 cm³/mol. The molecule has 0 N–H and O–H groups in total. The summed E-state index contributed by atoms with van der Waals surface area (Å²) < 4.78 is 44.9. The van der Waals surface area contributed by atoms with Crippen molar-refractivity contribution in [2.24, 2.45) is 0 Å². The molecule has 0 radical (unpaired) electrons. The third-order valence-corrected chi connectivity index (χ3v) is 5.39. The molecule has 180 valence electrons. The highest BCUT2D eigenvalue weighted by Gasteiger charge is 2.31. The average Bonchev–Trinajstić information content (AvgIpc) is 3.34. The first kappa shape index (κ1) is 23.0. The minimum atomic E-state index is -4.83. The number of halogens is 3. The molecule has 2 aromatic carbocycles. The van der Waals surface area contributed by atoms with Gasteiger partial charge in [-0.15, -0.1) is 13.2 Å². The maximum atomic E-state index is 12.8. The second-order valence-electron chi connectivity index (χ2n) is 7.86. The summed E-state index contributed by atoms with van der Waals surface area (Å²) in [5, 5.41) is 8.72. The SMILES string of the molecule is Cc1cc(-c2ccccn2)ccc1-n1ccc(=O)c(-c2ccnn2-c2cccc(OC(F)(F)F)c2)n1. The van der Waals surface area contributed by atoms with Crippen LogP contribution in [0.3, 0.4) is 0 Å². The molecular weight excluding hydrogens is 471 g/mol. The summed E-state index contributed by atoms with van der Waals surface area (Å²) in [5.41, 5.74) is 3.76. The number of aromatic nitrogens is 5. The van der Waals surface area contributed by atoms with E-state index in [0.29, 0.717) is 5.69 Å². The van der Waals surface area contributed by atoms with E-state index in [1.807, 2.05) is 43.3 Å². The molecule has 0 spiro atoms. The van der Waals surface area contributed by atoms with Crippen LogP contribution in [0.2, 0.25) is 0 Å². The smallest absolute Gasteiger partial charge is 0.406 e. The van der Waals surface area contributed by atoms with Gasteiger partial charge in [-0.3, -0.25) is 9.78 Å².